The number of alkyl halides is 3. The van der Waals surface area contributed by atoms with Gasteiger partial charge in [0, 0.05) is 6.54 Å². The first-order valence-electron chi connectivity index (χ1n) is 9.70. The first-order valence-corrected chi connectivity index (χ1v) is 10.9. The first kappa shape index (κ1) is 25.2. The molecule has 0 radical (unpaired) electrons. The number of aliphatic carboxylic acids is 1. The molecule has 0 atom stereocenters. The van der Waals surface area contributed by atoms with Crippen LogP contribution < -0.4 is 10.1 Å². The lowest BCUT2D eigenvalue weighted by Crippen LogP contribution is -2.30. The average molecular weight is 511 g/mol. The number of halogens is 3. The summed E-state index contributed by atoms with van der Waals surface area (Å²) in [4.78, 5) is 36.8. The third-order valence-electron chi connectivity index (χ3n) is 4.48. The maximum atomic E-state index is 13.0. The second-order valence-corrected chi connectivity index (χ2v) is 8.60. The zero-order chi connectivity index (χ0) is 24.9. The van der Waals surface area contributed by atoms with Gasteiger partial charge in [0.25, 0.3) is 11.8 Å². The Labute approximate surface area is 201 Å². The van der Waals surface area contributed by atoms with Gasteiger partial charge in [0.05, 0.1) is 22.6 Å². The molecule has 1 aliphatic heterocycles. The molecule has 178 valence electrons. The fourth-order valence-electron chi connectivity index (χ4n) is 2.89. The highest BCUT2D eigenvalue weighted by Gasteiger charge is 2.34. The summed E-state index contributed by atoms with van der Waals surface area (Å²) in [5, 5.41) is 11.0. The molecule has 1 heterocycles. The third-order valence-corrected chi connectivity index (χ3v) is 5.85. The lowest BCUT2D eigenvalue weighted by Gasteiger charge is -2.13. The molecule has 2 aromatic carbocycles. The van der Waals surface area contributed by atoms with Crippen LogP contribution in [0.1, 0.15) is 17.5 Å². The monoisotopic (exact) mass is 510 g/mol. The molecule has 2 N–H and O–H groups in total. The van der Waals surface area contributed by atoms with Crippen molar-refractivity contribution in [3.05, 3.63) is 64.6 Å². The van der Waals surface area contributed by atoms with E-state index in [1.807, 2.05) is 0 Å². The summed E-state index contributed by atoms with van der Waals surface area (Å²) in [6.07, 6.45) is -3.24. The Morgan fingerprint density at radius 1 is 1.15 bits per heavy atom. The average Bonchev–Trinajstić information content (AvgIpc) is 3.03. The maximum Gasteiger partial charge on any atom is 0.418 e. The van der Waals surface area contributed by atoms with Crippen LogP contribution in [-0.4, -0.2) is 45.3 Å². The van der Waals surface area contributed by atoms with Crippen molar-refractivity contribution in [2.45, 2.75) is 12.6 Å². The molecule has 7 nitrogen and oxygen atoms in total. The number of ether oxygens (including phenoxy) is 1. The van der Waals surface area contributed by atoms with Gasteiger partial charge < -0.3 is 15.2 Å². The molecule has 0 aliphatic carbocycles. The van der Waals surface area contributed by atoms with E-state index in [0.717, 1.165) is 23.9 Å². The Hall–Kier alpha value is -3.38. The standard InChI is InChI=1S/C22H17F3N2O5S2/c23-22(24,25)15-3-1-2-4-16(15)26-18(28)12-32-14-7-5-13(6-8-14)11-17-20(31)27(21(33)34-17)10-9-19(29)30/h1-8,11H,9-10,12H2,(H,26,28)(H,29,30)/b17-11-. The molecule has 3 rings (SSSR count). The molecular weight excluding hydrogens is 493 g/mol. The molecule has 2 aromatic rings. The minimum atomic E-state index is -4.61. The number of para-hydroxylation sites is 1. The molecule has 0 spiro atoms. The number of carboxylic acids is 1. The Morgan fingerprint density at radius 3 is 2.47 bits per heavy atom. The Kier molecular flexibility index (Phi) is 7.94. The highest BCUT2D eigenvalue weighted by Crippen LogP contribution is 2.35. The number of hydrogen-bond donors (Lipinski definition) is 2. The van der Waals surface area contributed by atoms with Crippen molar-refractivity contribution >= 4 is 57.8 Å². The number of nitrogens with zero attached hydrogens (tertiary/aromatic N) is 1. The summed E-state index contributed by atoms with van der Waals surface area (Å²) in [5.74, 6) is -1.88. The normalized spacial score (nSPS) is 15.0. The smallest absolute Gasteiger partial charge is 0.418 e. The number of rotatable bonds is 8. The molecule has 12 heteroatoms. The minimum absolute atomic E-state index is 0.0143. The largest absolute Gasteiger partial charge is 0.484 e. The van der Waals surface area contributed by atoms with Crippen molar-refractivity contribution in [3.8, 4) is 5.75 Å². The van der Waals surface area contributed by atoms with E-state index in [1.54, 1.807) is 18.2 Å². The lowest BCUT2D eigenvalue weighted by atomic mass is 10.1. The minimum Gasteiger partial charge on any atom is -0.484 e. The van der Waals surface area contributed by atoms with E-state index in [-0.39, 0.29) is 28.9 Å². The van der Waals surface area contributed by atoms with Crippen LogP contribution in [0.25, 0.3) is 6.08 Å². The van der Waals surface area contributed by atoms with E-state index in [2.05, 4.69) is 5.32 Å². The van der Waals surface area contributed by atoms with Crippen molar-refractivity contribution < 1.29 is 37.4 Å². The van der Waals surface area contributed by atoms with Crippen molar-refractivity contribution in [3.63, 3.8) is 0 Å². The molecule has 1 saturated heterocycles. The van der Waals surface area contributed by atoms with E-state index in [4.69, 9.17) is 22.1 Å². The molecule has 1 fully saturated rings. The lowest BCUT2D eigenvalue weighted by molar-refractivity contribution is -0.138. The summed E-state index contributed by atoms with van der Waals surface area (Å²) in [7, 11) is 0. The van der Waals surface area contributed by atoms with Gasteiger partial charge >= 0.3 is 12.1 Å². The molecular formula is C22H17F3N2O5S2. The maximum absolute atomic E-state index is 13.0. The fourth-order valence-corrected chi connectivity index (χ4v) is 4.19. The number of nitrogens with one attached hydrogen (secondary N) is 1. The van der Waals surface area contributed by atoms with Crippen LogP contribution in [0.4, 0.5) is 18.9 Å². The molecule has 2 amide bonds. The molecule has 1 aliphatic rings. The Bertz CT molecular complexity index is 1150. The van der Waals surface area contributed by atoms with Gasteiger partial charge in [-0.25, -0.2) is 0 Å². The van der Waals surface area contributed by atoms with Gasteiger partial charge in [-0.3, -0.25) is 19.3 Å². The van der Waals surface area contributed by atoms with Crippen molar-refractivity contribution in [1.82, 2.24) is 4.90 Å². The number of thiocarbonyl (C=S) groups is 1. The van der Waals surface area contributed by atoms with Gasteiger partial charge in [0.15, 0.2) is 6.61 Å². The first-order chi connectivity index (χ1) is 16.0. The van der Waals surface area contributed by atoms with Gasteiger partial charge in [0.1, 0.15) is 10.1 Å². The molecule has 34 heavy (non-hydrogen) atoms. The molecule has 0 aromatic heterocycles. The number of benzene rings is 2. The van der Waals surface area contributed by atoms with Crippen LogP contribution in [0.15, 0.2) is 53.4 Å². The number of thioether (sulfide) groups is 1. The predicted octanol–water partition coefficient (Wildman–Crippen LogP) is 4.40. The number of amides is 2. The highest BCUT2D eigenvalue weighted by atomic mass is 32.2. The zero-order valence-corrected chi connectivity index (χ0v) is 18.9. The molecule has 0 unspecified atom stereocenters. The number of carbonyl (C=O) groups excluding carboxylic acids is 2. The van der Waals surface area contributed by atoms with E-state index in [9.17, 15) is 27.6 Å². The van der Waals surface area contributed by atoms with Gasteiger partial charge in [-0.2, -0.15) is 13.2 Å². The predicted molar refractivity (Wildman–Crippen MR) is 124 cm³/mol. The van der Waals surface area contributed by atoms with Crippen molar-refractivity contribution in [2.75, 3.05) is 18.5 Å². The van der Waals surface area contributed by atoms with Crippen LogP contribution in [-0.2, 0) is 20.6 Å². The van der Waals surface area contributed by atoms with Crippen LogP contribution in [0.5, 0.6) is 5.75 Å². The number of carbonyl (C=O) groups is 3. The molecule has 0 saturated carbocycles. The molecule has 0 bridgehead atoms. The summed E-state index contributed by atoms with van der Waals surface area (Å²) < 4.78 is 44.7. The van der Waals surface area contributed by atoms with E-state index >= 15 is 0 Å². The quantitative estimate of drug-likeness (QED) is 0.402. The van der Waals surface area contributed by atoms with E-state index < -0.39 is 30.2 Å². The van der Waals surface area contributed by atoms with E-state index in [0.29, 0.717) is 16.2 Å². The Morgan fingerprint density at radius 2 is 1.82 bits per heavy atom. The number of carboxylic acid groups (broad SMARTS) is 1. The van der Waals surface area contributed by atoms with Crippen LogP contribution >= 0.6 is 24.0 Å². The second kappa shape index (κ2) is 10.7. The summed E-state index contributed by atoms with van der Waals surface area (Å²) in [6, 6.07) is 10.9. The summed E-state index contributed by atoms with van der Waals surface area (Å²) in [5.41, 5.74) is -0.685. The van der Waals surface area contributed by atoms with Crippen LogP contribution in [0.2, 0.25) is 0 Å². The van der Waals surface area contributed by atoms with Gasteiger partial charge in [-0.05, 0) is 35.9 Å². The highest BCUT2D eigenvalue weighted by molar-refractivity contribution is 8.26. The van der Waals surface area contributed by atoms with Gasteiger partial charge in [-0.1, -0.05) is 48.2 Å². The van der Waals surface area contributed by atoms with Crippen LogP contribution in [0.3, 0.4) is 0 Å². The third kappa shape index (κ3) is 6.58. The van der Waals surface area contributed by atoms with Crippen molar-refractivity contribution in [2.24, 2.45) is 0 Å². The zero-order valence-electron chi connectivity index (χ0n) is 17.3. The van der Waals surface area contributed by atoms with Crippen molar-refractivity contribution in [1.29, 1.82) is 0 Å². The SMILES string of the molecule is O=C(O)CCN1C(=O)/C(=C/c2ccc(OCC(=O)Nc3ccccc3C(F)(F)F)cc2)SC1=S. The van der Waals surface area contributed by atoms with Crippen LogP contribution in [0, 0.1) is 0 Å². The Balaban J connectivity index is 1.58. The van der Waals surface area contributed by atoms with E-state index in [1.165, 1.54) is 29.2 Å². The number of hydrogen-bond acceptors (Lipinski definition) is 6. The number of anilines is 1. The second-order valence-electron chi connectivity index (χ2n) is 6.93. The topological polar surface area (TPSA) is 95.9 Å². The van der Waals surface area contributed by atoms with Gasteiger partial charge in [0.2, 0.25) is 0 Å². The van der Waals surface area contributed by atoms with Gasteiger partial charge in [-0.15, -0.1) is 0 Å². The summed E-state index contributed by atoms with van der Waals surface area (Å²) >= 11 is 6.19. The fraction of sp³-hybridized carbons (Fsp3) is 0.182. The summed E-state index contributed by atoms with van der Waals surface area (Å²) in [6.45, 7) is -0.520.